The van der Waals surface area contributed by atoms with Gasteiger partial charge in [0.15, 0.2) is 5.78 Å². The molecule has 138 heavy (non-hydrogen) atoms. The minimum absolute atomic E-state index is 0.0395. The Bertz CT molecular complexity index is 5670. The largest absolute Gasteiger partial charge is 0.388 e. The molecule has 0 spiro atoms. The normalized spacial score (nSPS) is 19.2. The van der Waals surface area contributed by atoms with Crippen LogP contribution in [0.1, 0.15) is 233 Å². The number of benzene rings is 7. The lowest BCUT2D eigenvalue weighted by atomic mass is 9.79. The number of carbonyl (C=O) groups excluding carboxylic acids is 7. The van der Waals surface area contributed by atoms with E-state index in [-0.39, 0.29) is 28.4 Å². The predicted molar refractivity (Wildman–Crippen MR) is 533 cm³/mol. The molecule has 12 heterocycles. The standard InChI is InChI=1S/C25H33N5O3.C24H31N5O3.C23H28N2O2.C20H23N3O2.C16H23N3O2/c1-3-29-13-9-25(2,10-14-29)24(32)27-22-16-21(8-11-26-22)30-12-4-5-18-15-19(23(31)28-33)6-7-20(18)17-30;1-24(8-10-25-11-9-24)23(31)27-21-7-4-17(14-26-21)15-29-12-2-3-18-13-19(22(30)28-32)5-6-20(18)16-29;26-16-23(27)20-6-5-19-9-12-25(15-22(19)13-20)11-8-17-1-3-18(4-2-17)21-7-10-24-14-21;24-20(22-25)16-1-2-18-13-23(10-8-15(18)11-16)19-5-3-14(4-6-19)17-7-9-21-12-17;1-16(4-6-17-7-5-16)11-19-9-13-3-2-12(15(20)18-21)8-14(13)10-19/h6-8,11,15-16,33H,3-5,9-10,12-14,17H2,1-2H3,(H,28,31)(H,26,27,32);4-7,13-14,25,32H,2-3,8-12,15-16H2,1H3,(H,28,30)(H,26,27,31);1-6,13,21,24,26H,7-12,14-16H2;1-6,11,17,21,25H,7-10,12-13H2,(H,22,24);2-3,8,17,21H,4-7,9-11H2,1H3,(H,18,20). The van der Waals surface area contributed by atoms with Gasteiger partial charge in [-0.2, -0.15) is 0 Å². The lowest BCUT2D eigenvalue weighted by Crippen LogP contribution is -2.44. The van der Waals surface area contributed by atoms with Crippen LogP contribution in [0.4, 0.5) is 23.0 Å². The number of fused-ring (bicyclic) bond motifs is 5. The van der Waals surface area contributed by atoms with Crippen LogP contribution in [0.25, 0.3) is 0 Å². The molecule has 5 fully saturated rings. The van der Waals surface area contributed by atoms with E-state index in [0.29, 0.717) is 63.2 Å². The van der Waals surface area contributed by atoms with Crippen LogP contribution in [0.15, 0.2) is 176 Å². The molecule has 15 N–H and O–H groups in total. The molecule has 0 bridgehead atoms. The first-order valence-electron chi connectivity index (χ1n) is 49.4. The molecule has 2 aromatic heterocycles. The zero-order chi connectivity index (χ0) is 96.7. The molecule has 9 aromatic rings. The number of aliphatic hydroxyl groups excluding tert-OH is 1. The van der Waals surface area contributed by atoms with E-state index < -0.39 is 30.2 Å². The van der Waals surface area contributed by atoms with E-state index in [9.17, 15) is 33.6 Å². The fraction of sp³-hybridized carbons (Fsp3) is 0.454. The van der Waals surface area contributed by atoms with Crippen LogP contribution >= 0.6 is 0 Å². The number of rotatable bonds is 22. The van der Waals surface area contributed by atoms with Crippen LogP contribution in [-0.2, 0) is 87.5 Å². The molecule has 732 valence electrons. The number of pyridine rings is 2. The topological polar surface area (TPSA) is 386 Å². The second-order valence-electron chi connectivity index (χ2n) is 39.6. The number of ketones is 1. The number of Topliss-reactive ketones (excluding diaryl/α,β-unsaturated/α-hetero) is 1. The van der Waals surface area contributed by atoms with Gasteiger partial charge in [-0.3, -0.25) is 69.1 Å². The SMILES string of the molecule is CC1(C(=O)Nc2ccc(CN3CCCc4cc(C(=O)NO)ccc4C3)cn2)CCNCC1.CC1(CN2Cc3ccc(C(=O)NO)cc3C2)CCNCC1.CCN1CCC(C)(C(=O)Nc2cc(N3CCCc4cc(C(=O)NO)ccc4C3)ccn2)CC1.O=C(CO)c1ccc2c(c1)CN(CCc1ccc(C3CCNC3)cc1)CC2.O=C(NO)c1ccc2c(c1)CCN(c1ccc(C3CCNC3)cc1)C2. The monoisotopic (exact) mass is 1880 g/mol. The summed E-state index contributed by atoms with van der Waals surface area (Å²) in [5, 5.41) is 64.0. The molecule has 0 radical (unpaired) electrons. The molecule has 7 aromatic carbocycles. The molecule has 6 amide bonds. The van der Waals surface area contributed by atoms with E-state index in [2.05, 4.69) is 141 Å². The number of likely N-dealkylation sites (tertiary alicyclic amines) is 1. The van der Waals surface area contributed by atoms with Crippen molar-refractivity contribution in [1.29, 1.82) is 0 Å². The van der Waals surface area contributed by atoms with Crippen molar-refractivity contribution in [2.24, 2.45) is 16.2 Å². The highest BCUT2D eigenvalue weighted by atomic mass is 16.5. The van der Waals surface area contributed by atoms with Crippen molar-refractivity contribution >= 4 is 64.2 Å². The minimum atomic E-state index is -0.498. The summed E-state index contributed by atoms with van der Waals surface area (Å²) in [6.45, 7) is 31.3. The molecule has 10 aliphatic rings. The Morgan fingerprint density at radius 1 is 0.399 bits per heavy atom. The van der Waals surface area contributed by atoms with Crippen LogP contribution < -0.4 is 63.6 Å². The average molecular weight is 1880 g/mol. The quantitative estimate of drug-likeness (QED) is 0.0170. The summed E-state index contributed by atoms with van der Waals surface area (Å²) in [4.78, 5) is 107. The Balaban J connectivity index is 0.000000132. The van der Waals surface area contributed by atoms with Crippen molar-refractivity contribution in [2.45, 2.75) is 182 Å². The lowest BCUT2D eigenvalue weighted by molar-refractivity contribution is -0.127. The second kappa shape index (κ2) is 47.8. The average Bonchev–Trinajstić information content (AvgIpc) is 1.67. The number of carbonyl (C=O) groups is 7. The van der Waals surface area contributed by atoms with Gasteiger partial charge in [-0.15, -0.1) is 0 Å². The summed E-state index contributed by atoms with van der Waals surface area (Å²) in [6, 6.07) is 54.2. The number of hydrogen-bond donors (Lipinski definition) is 15. The molecule has 19 rings (SSSR count). The number of aryl methyl sites for hydroxylation is 2. The number of hydroxylamine groups is 4. The third-order valence-electron chi connectivity index (χ3n) is 29.9. The van der Waals surface area contributed by atoms with Crippen LogP contribution in [0.3, 0.4) is 0 Å². The molecule has 2 unspecified atom stereocenters. The molecule has 10 aliphatic heterocycles. The maximum atomic E-state index is 13.1. The fourth-order valence-corrected chi connectivity index (χ4v) is 20.9. The lowest BCUT2D eigenvalue weighted by Gasteiger charge is -2.37. The van der Waals surface area contributed by atoms with Gasteiger partial charge in [0.25, 0.3) is 23.6 Å². The van der Waals surface area contributed by atoms with E-state index in [1.54, 1.807) is 52.4 Å². The van der Waals surface area contributed by atoms with Gasteiger partial charge in [-0.25, -0.2) is 31.9 Å². The summed E-state index contributed by atoms with van der Waals surface area (Å²) < 4.78 is 0. The number of aromatic nitrogens is 2. The Hall–Kier alpha value is -11.6. The van der Waals surface area contributed by atoms with Crippen molar-refractivity contribution < 1.29 is 59.5 Å². The summed E-state index contributed by atoms with van der Waals surface area (Å²) in [6.07, 6.45) is 18.5. The van der Waals surface area contributed by atoms with Gasteiger partial charge in [0.05, 0.1) is 0 Å². The number of piperidine rings is 3. The zero-order valence-electron chi connectivity index (χ0n) is 80.4. The van der Waals surface area contributed by atoms with E-state index >= 15 is 0 Å². The molecular weight excluding hydrogens is 1740 g/mol. The smallest absolute Gasteiger partial charge is 0.274 e. The van der Waals surface area contributed by atoms with Gasteiger partial charge >= 0.3 is 0 Å². The molecular formula is C108H138N18O12. The maximum absolute atomic E-state index is 13.1. The maximum Gasteiger partial charge on any atom is 0.274 e. The minimum Gasteiger partial charge on any atom is -0.388 e. The molecule has 2 atom stereocenters. The number of amides is 6. The zero-order valence-corrected chi connectivity index (χ0v) is 80.4. The van der Waals surface area contributed by atoms with Crippen molar-refractivity contribution in [1.82, 2.24) is 72.8 Å². The van der Waals surface area contributed by atoms with Gasteiger partial charge in [0.1, 0.15) is 18.2 Å². The van der Waals surface area contributed by atoms with Crippen molar-refractivity contribution in [3.8, 4) is 0 Å². The number of hydrogen-bond acceptors (Lipinski definition) is 24. The van der Waals surface area contributed by atoms with Crippen molar-refractivity contribution in [3.05, 3.63) is 282 Å². The van der Waals surface area contributed by atoms with Crippen LogP contribution in [0.5, 0.6) is 0 Å². The molecule has 5 saturated heterocycles. The van der Waals surface area contributed by atoms with E-state index in [4.69, 9.17) is 25.9 Å². The van der Waals surface area contributed by atoms with Crippen molar-refractivity contribution in [2.75, 3.05) is 138 Å². The van der Waals surface area contributed by atoms with Gasteiger partial charge in [-0.1, -0.05) is 107 Å². The number of nitrogens with zero attached hydrogens (tertiary/aromatic N) is 8. The van der Waals surface area contributed by atoms with Gasteiger partial charge < -0.3 is 51.7 Å². The predicted octanol–water partition coefficient (Wildman–Crippen LogP) is 12.2. The summed E-state index contributed by atoms with van der Waals surface area (Å²) in [5.41, 5.74) is 28.7. The Morgan fingerprint density at radius 2 is 0.862 bits per heavy atom. The Kier molecular flexibility index (Phi) is 35.0. The van der Waals surface area contributed by atoms with Gasteiger partial charge in [-0.05, 0) is 336 Å². The second-order valence-corrected chi connectivity index (χ2v) is 39.6. The van der Waals surface area contributed by atoms with Crippen LogP contribution in [0, 0.1) is 16.2 Å². The number of aliphatic hydroxyl groups is 1. The summed E-state index contributed by atoms with van der Waals surface area (Å²) in [7, 11) is 0. The first-order valence-corrected chi connectivity index (χ1v) is 49.4. The summed E-state index contributed by atoms with van der Waals surface area (Å²) in [5.74, 6) is 0.489. The first kappa shape index (κ1) is 101. The first-order chi connectivity index (χ1) is 66.9. The van der Waals surface area contributed by atoms with Gasteiger partial charge in [0.2, 0.25) is 11.8 Å². The van der Waals surface area contributed by atoms with E-state index in [0.717, 1.165) is 249 Å². The highest BCUT2D eigenvalue weighted by Crippen LogP contribution is 2.38. The van der Waals surface area contributed by atoms with Crippen molar-refractivity contribution in [3.63, 3.8) is 0 Å². The molecule has 0 aliphatic carbocycles. The third kappa shape index (κ3) is 26.5. The highest BCUT2D eigenvalue weighted by Gasteiger charge is 2.39. The molecule has 30 heteroatoms. The van der Waals surface area contributed by atoms with Crippen LogP contribution in [-0.4, -0.2) is 215 Å². The van der Waals surface area contributed by atoms with Crippen LogP contribution in [0.2, 0.25) is 0 Å². The third-order valence-corrected chi connectivity index (χ3v) is 29.9. The molecule has 0 saturated carbocycles. The Morgan fingerprint density at radius 3 is 1.41 bits per heavy atom. The number of anilines is 4. The molecule has 30 nitrogen and oxygen atoms in total. The summed E-state index contributed by atoms with van der Waals surface area (Å²) >= 11 is 0. The number of nitrogens with one attached hydrogen (secondary N) is 10. The highest BCUT2D eigenvalue weighted by molar-refractivity contribution is 5.98. The van der Waals surface area contributed by atoms with E-state index in [1.807, 2.05) is 104 Å². The fourth-order valence-electron chi connectivity index (χ4n) is 20.9. The van der Waals surface area contributed by atoms with E-state index in [1.165, 1.54) is 87.0 Å². The Labute approximate surface area is 810 Å². The van der Waals surface area contributed by atoms with Gasteiger partial charge in [0, 0.05) is 160 Å².